The maximum absolute atomic E-state index is 12.4. The first-order valence-electron chi connectivity index (χ1n) is 24.7. The van der Waals surface area contributed by atoms with Crippen molar-refractivity contribution in [1.29, 1.82) is 0 Å². The second-order valence-corrected chi connectivity index (χ2v) is 16.8. The van der Waals surface area contributed by atoms with Gasteiger partial charge >= 0.3 is 5.97 Å². The third kappa shape index (κ3) is 43.5. The molecule has 0 aromatic rings. The number of hydrogen-bond acceptors (Lipinski definition) is 5. The SMILES string of the molecule is CCCCC/C=C\C/C=C\CCCCCCCC(=O)OCCCC/C=C\CCCCCCC(=O)NC(CO)C(O)CCCCCCCCCCCCCCCCC. The number of amides is 1. The highest BCUT2D eigenvalue weighted by Crippen LogP contribution is 2.15. The fourth-order valence-corrected chi connectivity index (χ4v) is 7.31. The third-order valence-electron chi connectivity index (χ3n) is 11.2. The van der Waals surface area contributed by atoms with E-state index in [-0.39, 0.29) is 18.5 Å². The predicted octanol–water partition coefficient (Wildman–Crippen LogP) is 14.5. The van der Waals surface area contributed by atoms with Crippen molar-refractivity contribution in [3.63, 3.8) is 0 Å². The Kier molecular flexibility index (Phi) is 45.2. The summed E-state index contributed by atoms with van der Waals surface area (Å²) in [5, 5.41) is 23.2. The fraction of sp³-hybridized carbons (Fsp3) is 0.843. The second-order valence-electron chi connectivity index (χ2n) is 16.8. The van der Waals surface area contributed by atoms with Gasteiger partial charge in [-0.2, -0.15) is 0 Å². The number of allylic oxidation sites excluding steroid dienone is 6. The quantitative estimate of drug-likeness (QED) is 0.0324. The van der Waals surface area contributed by atoms with Crippen molar-refractivity contribution >= 4 is 11.9 Å². The molecular formula is C51H95NO5. The van der Waals surface area contributed by atoms with Crippen LogP contribution in [0.15, 0.2) is 36.5 Å². The lowest BCUT2D eigenvalue weighted by Crippen LogP contribution is -2.45. The third-order valence-corrected chi connectivity index (χ3v) is 11.2. The van der Waals surface area contributed by atoms with E-state index in [1.54, 1.807) is 0 Å². The second kappa shape index (κ2) is 46.8. The van der Waals surface area contributed by atoms with Crippen LogP contribution < -0.4 is 5.32 Å². The van der Waals surface area contributed by atoms with Crippen LogP contribution in [-0.4, -0.2) is 47.4 Å². The van der Waals surface area contributed by atoms with Crippen LogP contribution in [0.5, 0.6) is 0 Å². The van der Waals surface area contributed by atoms with Crippen LogP contribution in [0.2, 0.25) is 0 Å². The molecule has 2 unspecified atom stereocenters. The van der Waals surface area contributed by atoms with Gasteiger partial charge < -0.3 is 20.3 Å². The number of unbranched alkanes of at least 4 members (excludes halogenated alkanes) is 28. The average Bonchev–Trinajstić information content (AvgIpc) is 3.21. The summed E-state index contributed by atoms with van der Waals surface area (Å²) in [6.07, 6.45) is 55.3. The van der Waals surface area contributed by atoms with E-state index in [1.165, 1.54) is 128 Å². The van der Waals surface area contributed by atoms with Gasteiger partial charge in [-0.1, -0.05) is 192 Å². The molecule has 0 spiro atoms. The molecule has 0 saturated carbocycles. The number of nitrogens with one attached hydrogen (secondary N) is 1. The minimum atomic E-state index is -0.687. The largest absolute Gasteiger partial charge is 0.466 e. The highest BCUT2D eigenvalue weighted by Gasteiger charge is 2.20. The maximum Gasteiger partial charge on any atom is 0.305 e. The molecule has 0 aliphatic carbocycles. The number of aliphatic hydroxyl groups is 2. The van der Waals surface area contributed by atoms with Gasteiger partial charge in [0, 0.05) is 12.8 Å². The molecule has 1 amide bonds. The van der Waals surface area contributed by atoms with Crippen molar-refractivity contribution in [1.82, 2.24) is 5.32 Å². The van der Waals surface area contributed by atoms with Crippen molar-refractivity contribution in [2.45, 2.75) is 264 Å². The summed E-state index contributed by atoms with van der Waals surface area (Å²) in [6.45, 7) is 4.82. The van der Waals surface area contributed by atoms with Crippen LogP contribution in [0, 0.1) is 0 Å². The van der Waals surface area contributed by atoms with E-state index in [2.05, 4.69) is 55.6 Å². The van der Waals surface area contributed by atoms with Crippen molar-refractivity contribution in [2.24, 2.45) is 0 Å². The summed E-state index contributed by atoms with van der Waals surface area (Å²) in [4.78, 5) is 24.4. The fourth-order valence-electron chi connectivity index (χ4n) is 7.31. The maximum atomic E-state index is 12.4. The van der Waals surface area contributed by atoms with Crippen molar-refractivity contribution in [3.05, 3.63) is 36.5 Å². The van der Waals surface area contributed by atoms with Gasteiger partial charge in [0.15, 0.2) is 0 Å². The van der Waals surface area contributed by atoms with Gasteiger partial charge in [-0.25, -0.2) is 0 Å². The van der Waals surface area contributed by atoms with E-state index in [4.69, 9.17) is 4.74 Å². The van der Waals surface area contributed by atoms with Crippen LogP contribution in [0.4, 0.5) is 0 Å². The Morgan fingerprint density at radius 1 is 0.491 bits per heavy atom. The summed E-state index contributed by atoms with van der Waals surface area (Å²) in [5.41, 5.74) is 0. The number of esters is 1. The van der Waals surface area contributed by atoms with Crippen molar-refractivity contribution in [2.75, 3.05) is 13.2 Å². The zero-order valence-corrected chi connectivity index (χ0v) is 37.8. The minimum Gasteiger partial charge on any atom is -0.466 e. The van der Waals surface area contributed by atoms with Gasteiger partial charge in [0.2, 0.25) is 5.91 Å². The van der Waals surface area contributed by atoms with Gasteiger partial charge in [-0.05, 0) is 83.5 Å². The summed E-state index contributed by atoms with van der Waals surface area (Å²) in [6, 6.07) is -0.568. The van der Waals surface area contributed by atoms with Crippen LogP contribution in [0.1, 0.15) is 251 Å². The standard InChI is InChI=1S/C51H95NO5/c1-3-5-7-9-11-13-15-17-19-21-23-27-31-35-39-43-49(54)48(47-53)52-50(55)44-40-36-32-28-25-26-30-34-38-42-46-57-51(56)45-41-37-33-29-24-22-20-18-16-14-12-10-8-6-4-2/h12,14,18,20,26,30,48-49,53-54H,3-11,13,15-17,19,21-25,27-29,31-47H2,1-2H3,(H,52,55)/b14-12-,20-18-,30-26-. The molecule has 0 heterocycles. The van der Waals surface area contributed by atoms with Gasteiger partial charge in [0.25, 0.3) is 0 Å². The zero-order chi connectivity index (χ0) is 41.5. The lowest BCUT2D eigenvalue weighted by atomic mass is 10.0. The Hall–Kier alpha value is -1.92. The van der Waals surface area contributed by atoms with Crippen LogP contribution in [-0.2, 0) is 14.3 Å². The summed E-state index contributed by atoms with van der Waals surface area (Å²) < 4.78 is 5.42. The van der Waals surface area contributed by atoms with Gasteiger partial charge in [-0.3, -0.25) is 9.59 Å². The highest BCUT2D eigenvalue weighted by molar-refractivity contribution is 5.76. The van der Waals surface area contributed by atoms with E-state index in [0.717, 1.165) is 89.9 Å². The van der Waals surface area contributed by atoms with Crippen LogP contribution in [0.3, 0.4) is 0 Å². The van der Waals surface area contributed by atoms with Gasteiger partial charge in [0.05, 0.1) is 25.4 Å². The zero-order valence-electron chi connectivity index (χ0n) is 37.8. The lowest BCUT2D eigenvalue weighted by Gasteiger charge is -2.22. The number of ether oxygens (including phenoxy) is 1. The molecule has 0 fully saturated rings. The summed E-state index contributed by atoms with van der Waals surface area (Å²) in [5.74, 6) is -0.123. The number of hydrogen-bond donors (Lipinski definition) is 3. The first-order valence-corrected chi connectivity index (χ1v) is 24.7. The highest BCUT2D eigenvalue weighted by atomic mass is 16.5. The Bertz CT molecular complexity index is 931. The van der Waals surface area contributed by atoms with Gasteiger partial charge in [0.1, 0.15) is 0 Å². The molecular weight excluding hydrogens is 707 g/mol. The Labute approximate surface area is 353 Å². The van der Waals surface area contributed by atoms with E-state index >= 15 is 0 Å². The molecule has 6 nitrogen and oxygen atoms in total. The number of rotatable bonds is 45. The van der Waals surface area contributed by atoms with E-state index in [1.807, 2.05) is 0 Å². The molecule has 3 N–H and O–H groups in total. The molecule has 0 radical (unpaired) electrons. The lowest BCUT2D eigenvalue weighted by molar-refractivity contribution is -0.143. The molecule has 57 heavy (non-hydrogen) atoms. The number of aliphatic hydroxyl groups excluding tert-OH is 2. The topological polar surface area (TPSA) is 95.9 Å². The van der Waals surface area contributed by atoms with Gasteiger partial charge in [-0.15, -0.1) is 0 Å². The molecule has 6 heteroatoms. The number of carbonyl (C=O) groups excluding carboxylic acids is 2. The monoisotopic (exact) mass is 802 g/mol. The Balaban J connectivity index is 3.55. The molecule has 0 aromatic heterocycles. The molecule has 2 atom stereocenters. The molecule has 0 aromatic carbocycles. The Morgan fingerprint density at radius 3 is 1.39 bits per heavy atom. The van der Waals surface area contributed by atoms with Crippen molar-refractivity contribution < 1.29 is 24.5 Å². The molecule has 0 saturated heterocycles. The normalized spacial score (nSPS) is 13.0. The summed E-state index contributed by atoms with van der Waals surface area (Å²) >= 11 is 0. The predicted molar refractivity (Wildman–Crippen MR) is 246 cm³/mol. The molecule has 0 rings (SSSR count). The molecule has 334 valence electrons. The molecule has 0 aliphatic heterocycles. The minimum absolute atomic E-state index is 0.0508. The Morgan fingerprint density at radius 2 is 0.877 bits per heavy atom. The molecule has 0 bridgehead atoms. The van der Waals surface area contributed by atoms with Crippen LogP contribution >= 0.6 is 0 Å². The summed E-state index contributed by atoms with van der Waals surface area (Å²) in [7, 11) is 0. The first kappa shape index (κ1) is 55.1. The first-order chi connectivity index (χ1) is 28.0. The van der Waals surface area contributed by atoms with E-state index in [0.29, 0.717) is 25.9 Å². The average molecular weight is 802 g/mol. The van der Waals surface area contributed by atoms with Crippen molar-refractivity contribution in [3.8, 4) is 0 Å². The van der Waals surface area contributed by atoms with E-state index < -0.39 is 12.1 Å². The number of carbonyl (C=O) groups is 2. The molecule has 0 aliphatic rings. The van der Waals surface area contributed by atoms with Crippen LogP contribution in [0.25, 0.3) is 0 Å². The smallest absolute Gasteiger partial charge is 0.305 e. The van der Waals surface area contributed by atoms with E-state index in [9.17, 15) is 19.8 Å².